The maximum atomic E-state index is 12.8. The maximum Gasteiger partial charge on any atom is 0.223 e. The van der Waals surface area contributed by atoms with E-state index in [-0.39, 0.29) is 17.8 Å². The fraction of sp³-hybridized carbons (Fsp3) is 0.562. The molecule has 2 N–H and O–H groups in total. The summed E-state index contributed by atoms with van der Waals surface area (Å²) in [6.45, 7) is 1.73. The number of nitrogens with zero attached hydrogens (tertiary/aromatic N) is 1. The summed E-state index contributed by atoms with van der Waals surface area (Å²) in [7, 11) is 0. The molecule has 3 rings (SSSR count). The first-order valence-electron chi connectivity index (χ1n) is 7.55. The summed E-state index contributed by atoms with van der Waals surface area (Å²) in [5.41, 5.74) is 6.10. The minimum Gasteiger partial charge on any atom is -0.342 e. The van der Waals surface area contributed by atoms with Gasteiger partial charge in [0.2, 0.25) is 5.91 Å². The second kappa shape index (κ2) is 6.36. The van der Waals surface area contributed by atoms with Gasteiger partial charge >= 0.3 is 0 Å². The van der Waals surface area contributed by atoms with E-state index in [9.17, 15) is 9.18 Å². The number of likely N-dealkylation sites (tertiary alicyclic amines) is 1. The van der Waals surface area contributed by atoms with Gasteiger partial charge < -0.3 is 10.6 Å². The zero-order chi connectivity index (χ0) is 14.8. The molecule has 1 saturated heterocycles. The number of nitrogens with two attached hydrogens (primary N) is 1. The molecule has 1 amide bonds. The molecule has 1 aliphatic carbocycles. The zero-order valence-electron chi connectivity index (χ0n) is 12.0. The number of hydrogen-bond donors (Lipinski definition) is 1. The van der Waals surface area contributed by atoms with Gasteiger partial charge in [-0.3, -0.25) is 4.79 Å². The molecule has 0 spiro atoms. The molecule has 1 saturated carbocycles. The van der Waals surface area contributed by atoms with E-state index < -0.39 is 0 Å². The predicted molar refractivity (Wildman–Crippen MR) is 82.5 cm³/mol. The number of rotatable bonds is 4. The highest BCUT2D eigenvalue weighted by atomic mass is 32.2. The largest absolute Gasteiger partial charge is 0.342 e. The van der Waals surface area contributed by atoms with E-state index in [4.69, 9.17) is 5.73 Å². The van der Waals surface area contributed by atoms with Crippen LogP contribution in [0.1, 0.15) is 19.3 Å². The molecule has 1 aliphatic heterocycles. The monoisotopic (exact) mass is 308 g/mol. The molecule has 1 aromatic carbocycles. The number of carbonyl (C=O) groups is 1. The molecule has 2 aliphatic rings. The second-order valence-electron chi connectivity index (χ2n) is 6.02. The minimum absolute atomic E-state index is 0.227. The number of fused-ring (bicyclic) bond motifs is 1. The lowest BCUT2D eigenvalue weighted by Gasteiger charge is -2.18. The van der Waals surface area contributed by atoms with Gasteiger partial charge in [0, 0.05) is 36.2 Å². The van der Waals surface area contributed by atoms with Crippen LogP contribution in [0.25, 0.3) is 0 Å². The summed E-state index contributed by atoms with van der Waals surface area (Å²) in [4.78, 5) is 15.2. The van der Waals surface area contributed by atoms with Crippen LogP contribution in [0.3, 0.4) is 0 Å². The average Bonchev–Trinajstić information content (AvgIpc) is 3.04. The summed E-state index contributed by atoms with van der Waals surface area (Å²) in [5, 5.41) is 0. The number of carbonyl (C=O) groups excluding carboxylic acids is 1. The van der Waals surface area contributed by atoms with Gasteiger partial charge in [0.15, 0.2) is 0 Å². The van der Waals surface area contributed by atoms with Gasteiger partial charge in [-0.05, 0) is 48.9 Å². The van der Waals surface area contributed by atoms with Crippen LogP contribution in [0.15, 0.2) is 29.2 Å². The highest BCUT2D eigenvalue weighted by Crippen LogP contribution is 2.37. The summed E-state index contributed by atoms with van der Waals surface area (Å²) >= 11 is 1.60. The fourth-order valence-electron chi connectivity index (χ4n) is 3.46. The molecule has 0 radical (unpaired) electrons. The van der Waals surface area contributed by atoms with Gasteiger partial charge in [0.1, 0.15) is 5.82 Å². The third-order valence-electron chi connectivity index (χ3n) is 4.66. The van der Waals surface area contributed by atoms with Crippen molar-refractivity contribution in [2.75, 3.05) is 18.8 Å². The predicted octanol–water partition coefficient (Wildman–Crippen LogP) is 2.50. The molecule has 3 unspecified atom stereocenters. The van der Waals surface area contributed by atoms with E-state index >= 15 is 0 Å². The van der Waals surface area contributed by atoms with Crippen LogP contribution in [0, 0.1) is 17.7 Å². The molecule has 0 bridgehead atoms. The van der Waals surface area contributed by atoms with Crippen molar-refractivity contribution in [3.63, 3.8) is 0 Å². The Morgan fingerprint density at radius 1 is 1.29 bits per heavy atom. The first-order chi connectivity index (χ1) is 10.1. The van der Waals surface area contributed by atoms with Crippen molar-refractivity contribution >= 4 is 17.7 Å². The number of halogens is 1. The molecular formula is C16H21FN2OS. The number of hydrogen-bond acceptors (Lipinski definition) is 3. The van der Waals surface area contributed by atoms with Gasteiger partial charge in [-0.1, -0.05) is 0 Å². The van der Waals surface area contributed by atoms with Crippen molar-refractivity contribution in [3.8, 4) is 0 Å². The lowest BCUT2D eigenvalue weighted by Crippen LogP contribution is -2.33. The van der Waals surface area contributed by atoms with Crippen molar-refractivity contribution in [1.29, 1.82) is 0 Å². The van der Waals surface area contributed by atoms with E-state index in [2.05, 4.69) is 0 Å². The summed E-state index contributed by atoms with van der Waals surface area (Å²) < 4.78 is 12.8. The van der Waals surface area contributed by atoms with E-state index in [1.54, 1.807) is 23.9 Å². The van der Waals surface area contributed by atoms with Crippen molar-refractivity contribution < 1.29 is 9.18 Å². The third kappa shape index (κ3) is 3.40. The van der Waals surface area contributed by atoms with Crippen molar-refractivity contribution in [1.82, 2.24) is 4.90 Å². The van der Waals surface area contributed by atoms with Gasteiger partial charge in [-0.25, -0.2) is 4.39 Å². The standard InChI is InChI=1S/C16H21FN2OS/c17-12-2-4-13(5-3-12)21-8-7-16(20)19-9-11-1-6-15(18)14(11)10-19/h2-5,11,14-15H,1,6-10,18H2. The first-order valence-corrected chi connectivity index (χ1v) is 8.54. The Kier molecular flexibility index (Phi) is 4.50. The maximum absolute atomic E-state index is 12.8. The Labute approximate surface area is 129 Å². The Morgan fingerprint density at radius 2 is 2.05 bits per heavy atom. The van der Waals surface area contributed by atoms with E-state index in [0.29, 0.717) is 18.3 Å². The van der Waals surface area contributed by atoms with Crippen LogP contribution >= 0.6 is 11.8 Å². The molecule has 21 heavy (non-hydrogen) atoms. The highest BCUT2D eigenvalue weighted by molar-refractivity contribution is 7.99. The SMILES string of the molecule is NC1CCC2CN(C(=O)CCSc3ccc(F)cc3)CC12. The third-order valence-corrected chi connectivity index (χ3v) is 5.68. The first kappa shape index (κ1) is 14.9. The van der Waals surface area contributed by atoms with Gasteiger partial charge in [-0.2, -0.15) is 0 Å². The van der Waals surface area contributed by atoms with Gasteiger partial charge in [0.05, 0.1) is 0 Å². The molecule has 3 nitrogen and oxygen atoms in total. The summed E-state index contributed by atoms with van der Waals surface area (Å²) in [5.74, 6) is 1.87. The van der Waals surface area contributed by atoms with Gasteiger partial charge in [-0.15, -0.1) is 11.8 Å². The van der Waals surface area contributed by atoms with Crippen molar-refractivity contribution in [3.05, 3.63) is 30.1 Å². The Bertz CT molecular complexity index is 508. The molecular weight excluding hydrogens is 287 g/mol. The molecule has 3 atom stereocenters. The van der Waals surface area contributed by atoms with Gasteiger partial charge in [0.25, 0.3) is 0 Å². The second-order valence-corrected chi connectivity index (χ2v) is 7.18. The number of thioether (sulfide) groups is 1. The quantitative estimate of drug-likeness (QED) is 0.869. The molecule has 2 fully saturated rings. The lowest BCUT2D eigenvalue weighted by molar-refractivity contribution is -0.130. The summed E-state index contributed by atoms with van der Waals surface area (Å²) in [6.07, 6.45) is 2.81. The minimum atomic E-state index is -0.227. The molecule has 114 valence electrons. The van der Waals surface area contributed by atoms with Crippen LogP contribution in [-0.2, 0) is 4.79 Å². The number of benzene rings is 1. The molecule has 1 aromatic rings. The fourth-order valence-corrected chi connectivity index (χ4v) is 4.30. The van der Waals surface area contributed by atoms with E-state index in [0.717, 1.165) is 30.2 Å². The summed E-state index contributed by atoms with van der Waals surface area (Å²) in [6, 6.07) is 6.69. The normalized spacial score (nSPS) is 27.9. The highest BCUT2D eigenvalue weighted by Gasteiger charge is 2.42. The van der Waals surface area contributed by atoms with E-state index in [1.165, 1.54) is 18.6 Å². The van der Waals surface area contributed by atoms with Crippen LogP contribution in [-0.4, -0.2) is 35.7 Å². The van der Waals surface area contributed by atoms with Crippen LogP contribution < -0.4 is 5.73 Å². The zero-order valence-corrected chi connectivity index (χ0v) is 12.8. The molecule has 0 aromatic heterocycles. The van der Waals surface area contributed by atoms with Crippen molar-refractivity contribution in [2.45, 2.75) is 30.2 Å². The lowest BCUT2D eigenvalue weighted by atomic mass is 9.98. The number of amides is 1. The van der Waals surface area contributed by atoms with E-state index in [1.807, 2.05) is 4.90 Å². The average molecular weight is 308 g/mol. The topological polar surface area (TPSA) is 46.3 Å². The van der Waals surface area contributed by atoms with Crippen LogP contribution in [0.5, 0.6) is 0 Å². The Morgan fingerprint density at radius 3 is 2.76 bits per heavy atom. The van der Waals surface area contributed by atoms with Crippen molar-refractivity contribution in [2.24, 2.45) is 17.6 Å². The Hall–Kier alpha value is -1.07. The smallest absolute Gasteiger partial charge is 0.223 e. The van der Waals surface area contributed by atoms with Crippen LogP contribution in [0.4, 0.5) is 4.39 Å². The Balaban J connectivity index is 1.44. The molecule has 1 heterocycles. The molecule has 5 heteroatoms. The van der Waals surface area contributed by atoms with Crippen LogP contribution in [0.2, 0.25) is 0 Å².